The van der Waals surface area contributed by atoms with Crippen molar-refractivity contribution in [2.45, 2.75) is 38.4 Å². The first-order valence-corrected chi connectivity index (χ1v) is 8.34. The fraction of sp³-hybridized carbons (Fsp3) is 0.529. The SMILES string of the molecule is C[C@H](C(=O)N1CC(=O)Nc2cc(C(F)(F)F)ccc21)N1CCCCC1. The summed E-state index contributed by atoms with van der Waals surface area (Å²) < 4.78 is 38.6. The van der Waals surface area contributed by atoms with Gasteiger partial charge in [-0.3, -0.25) is 19.4 Å². The van der Waals surface area contributed by atoms with Gasteiger partial charge in [-0.2, -0.15) is 13.2 Å². The van der Waals surface area contributed by atoms with E-state index in [-0.39, 0.29) is 18.1 Å². The van der Waals surface area contributed by atoms with E-state index in [1.807, 2.05) is 0 Å². The van der Waals surface area contributed by atoms with Gasteiger partial charge in [-0.1, -0.05) is 6.42 Å². The Morgan fingerprint density at radius 2 is 1.88 bits per heavy atom. The summed E-state index contributed by atoms with van der Waals surface area (Å²) in [5, 5.41) is 2.43. The fourth-order valence-electron chi connectivity index (χ4n) is 3.35. The van der Waals surface area contributed by atoms with E-state index in [1.165, 1.54) is 11.0 Å². The predicted octanol–water partition coefficient (Wildman–Crippen LogP) is 2.86. The van der Waals surface area contributed by atoms with Gasteiger partial charge in [-0.15, -0.1) is 0 Å². The molecular weight excluding hydrogens is 335 g/mol. The summed E-state index contributed by atoms with van der Waals surface area (Å²) in [6, 6.07) is 2.64. The second-order valence-electron chi connectivity index (χ2n) is 6.47. The molecule has 2 aliphatic heterocycles. The summed E-state index contributed by atoms with van der Waals surface area (Å²) in [4.78, 5) is 28.1. The average Bonchev–Trinajstić information content (AvgIpc) is 2.59. The Labute approximate surface area is 143 Å². The van der Waals surface area contributed by atoms with Crippen molar-refractivity contribution in [2.24, 2.45) is 0 Å². The number of rotatable bonds is 2. The molecule has 0 radical (unpaired) electrons. The van der Waals surface area contributed by atoms with Gasteiger partial charge >= 0.3 is 6.18 Å². The average molecular weight is 355 g/mol. The monoisotopic (exact) mass is 355 g/mol. The molecule has 2 aliphatic rings. The lowest BCUT2D eigenvalue weighted by molar-refractivity contribution is -0.137. The van der Waals surface area contributed by atoms with Crippen LogP contribution in [-0.4, -0.2) is 42.4 Å². The largest absolute Gasteiger partial charge is 0.416 e. The van der Waals surface area contributed by atoms with Crippen molar-refractivity contribution in [3.8, 4) is 0 Å². The van der Waals surface area contributed by atoms with E-state index < -0.39 is 23.7 Å². The number of carbonyl (C=O) groups excluding carboxylic acids is 2. The Morgan fingerprint density at radius 1 is 1.20 bits per heavy atom. The standard InChI is InChI=1S/C17H20F3N3O2/c1-11(22-7-3-2-4-8-22)16(25)23-10-15(24)21-13-9-12(17(18,19)20)5-6-14(13)23/h5-6,9,11H,2-4,7-8,10H2,1H3,(H,21,24)/t11-/m1/s1. The lowest BCUT2D eigenvalue weighted by Crippen LogP contribution is -2.52. The molecule has 2 amide bonds. The number of amides is 2. The zero-order valence-corrected chi connectivity index (χ0v) is 13.9. The van der Waals surface area contributed by atoms with E-state index in [0.29, 0.717) is 5.69 Å². The molecular formula is C17H20F3N3O2. The number of hydrogen-bond donors (Lipinski definition) is 1. The molecule has 8 heteroatoms. The van der Waals surface area contributed by atoms with Gasteiger partial charge < -0.3 is 5.32 Å². The lowest BCUT2D eigenvalue weighted by atomic mass is 10.1. The molecule has 25 heavy (non-hydrogen) atoms. The molecule has 0 saturated carbocycles. The van der Waals surface area contributed by atoms with E-state index in [4.69, 9.17) is 0 Å². The molecule has 1 aromatic carbocycles. The molecule has 0 unspecified atom stereocenters. The van der Waals surface area contributed by atoms with Gasteiger partial charge in [0.1, 0.15) is 6.54 Å². The van der Waals surface area contributed by atoms with Crippen LogP contribution in [0.5, 0.6) is 0 Å². The molecule has 136 valence electrons. The molecule has 5 nitrogen and oxygen atoms in total. The second kappa shape index (κ2) is 6.67. The summed E-state index contributed by atoms with van der Waals surface area (Å²) >= 11 is 0. The van der Waals surface area contributed by atoms with Crippen LogP contribution >= 0.6 is 0 Å². The number of alkyl halides is 3. The van der Waals surface area contributed by atoms with Crippen LogP contribution in [0.1, 0.15) is 31.7 Å². The normalized spacial score (nSPS) is 20.0. The Kier molecular flexibility index (Phi) is 4.73. The van der Waals surface area contributed by atoms with Crippen LogP contribution < -0.4 is 10.2 Å². The van der Waals surface area contributed by atoms with Gasteiger partial charge in [0.05, 0.1) is 23.0 Å². The third-order valence-electron chi connectivity index (χ3n) is 4.75. The van der Waals surface area contributed by atoms with Gasteiger partial charge in [0.2, 0.25) is 11.8 Å². The van der Waals surface area contributed by atoms with Crippen LogP contribution in [0.3, 0.4) is 0 Å². The van der Waals surface area contributed by atoms with Crippen molar-refractivity contribution in [1.29, 1.82) is 0 Å². The minimum Gasteiger partial charge on any atom is -0.323 e. The molecule has 1 saturated heterocycles. The van der Waals surface area contributed by atoms with Crippen LogP contribution in [0.4, 0.5) is 24.5 Å². The van der Waals surface area contributed by atoms with Gasteiger partial charge in [-0.25, -0.2) is 0 Å². The number of hydrogen-bond acceptors (Lipinski definition) is 3. The number of piperidine rings is 1. The second-order valence-corrected chi connectivity index (χ2v) is 6.47. The highest BCUT2D eigenvalue weighted by Crippen LogP contribution is 2.37. The lowest BCUT2D eigenvalue weighted by Gasteiger charge is -2.36. The summed E-state index contributed by atoms with van der Waals surface area (Å²) in [7, 11) is 0. The Morgan fingerprint density at radius 3 is 2.52 bits per heavy atom. The summed E-state index contributed by atoms with van der Waals surface area (Å²) in [6.07, 6.45) is -1.34. The van der Waals surface area contributed by atoms with Gasteiger partial charge in [0, 0.05) is 0 Å². The number of fused-ring (bicyclic) bond motifs is 1. The molecule has 1 atom stereocenters. The van der Waals surface area contributed by atoms with Gasteiger partial charge in [0.15, 0.2) is 0 Å². The Bertz CT molecular complexity index is 684. The maximum absolute atomic E-state index is 12.9. The zero-order chi connectivity index (χ0) is 18.2. The first-order chi connectivity index (χ1) is 11.8. The Balaban J connectivity index is 1.88. The quantitative estimate of drug-likeness (QED) is 0.888. The van der Waals surface area contributed by atoms with Crippen molar-refractivity contribution in [2.75, 3.05) is 29.9 Å². The van der Waals surface area contributed by atoms with Crippen LogP contribution in [0, 0.1) is 0 Å². The highest BCUT2D eigenvalue weighted by Gasteiger charge is 2.36. The first-order valence-electron chi connectivity index (χ1n) is 8.34. The molecule has 0 aliphatic carbocycles. The third-order valence-corrected chi connectivity index (χ3v) is 4.75. The highest BCUT2D eigenvalue weighted by molar-refractivity contribution is 6.11. The maximum Gasteiger partial charge on any atom is 0.416 e. The molecule has 3 rings (SSSR count). The van der Waals surface area contributed by atoms with E-state index in [2.05, 4.69) is 10.2 Å². The van der Waals surface area contributed by atoms with E-state index in [1.54, 1.807) is 6.92 Å². The molecule has 0 bridgehead atoms. The van der Waals surface area contributed by atoms with Crippen LogP contribution in [0.25, 0.3) is 0 Å². The molecule has 0 spiro atoms. The molecule has 1 aromatic rings. The highest BCUT2D eigenvalue weighted by atomic mass is 19.4. The smallest absolute Gasteiger partial charge is 0.323 e. The van der Waals surface area contributed by atoms with Crippen LogP contribution in [0.2, 0.25) is 0 Å². The number of anilines is 2. The molecule has 0 aromatic heterocycles. The summed E-state index contributed by atoms with van der Waals surface area (Å²) in [6.45, 7) is 3.22. The topological polar surface area (TPSA) is 52.7 Å². The van der Waals surface area contributed by atoms with Crippen molar-refractivity contribution in [3.63, 3.8) is 0 Å². The predicted molar refractivity (Wildman–Crippen MR) is 87.3 cm³/mol. The van der Waals surface area contributed by atoms with E-state index in [0.717, 1.165) is 44.5 Å². The van der Waals surface area contributed by atoms with Crippen LogP contribution in [0.15, 0.2) is 18.2 Å². The van der Waals surface area contributed by atoms with Crippen LogP contribution in [-0.2, 0) is 15.8 Å². The van der Waals surface area contributed by atoms with E-state index >= 15 is 0 Å². The number of halogens is 3. The molecule has 1 fully saturated rings. The summed E-state index contributed by atoms with van der Waals surface area (Å²) in [5.74, 6) is -0.760. The Hall–Kier alpha value is -2.09. The molecule has 1 N–H and O–H groups in total. The fourth-order valence-corrected chi connectivity index (χ4v) is 3.35. The zero-order valence-electron chi connectivity index (χ0n) is 13.9. The van der Waals surface area contributed by atoms with E-state index in [9.17, 15) is 22.8 Å². The maximum atomic E-state index is 12.9. The minimum absolute atomic E-state index is 0.0188. The number of nitrogens with one attached hydrogen (secondary N) is 1. The molecule has 2 heterocycles. The third kappa shape index (κ3) is 3.63. The van der Waals surface area contributed by atoms with Crippen molar-refractivity contribution >= 4 is 23.2 Å². The summed E-state index contributed by atoms with van der Waals surface area (Å²) in [5.41, 5.74) is -0.531. The number of likely N-dealkylation sites (tertiary alicyclic amines) is 1. The minimum atomic E-state index is -4.51. The number of nitrogens with zero attached hydrogens (tertiary/aromatic N) is 2. The van der Waals surface area contributed by atoms with Gasteiger partial charge in [-0.05, 0) is 51.1 Å². The first kappa shape index (κ1) is 17.7. The van der Waals surface area contributed by atoms with Crippen molar-refractivity contribution in [1.82, 2.24) is 4.90 Å². The van der Waals surface area contributed by atoms with Crippen molar-refractivity contribution < 1.29 is 22.8 Å². The van der Waals surface area contributed by atoms with Gasteiger partial charge in [0.25, 0.3) is 0 Å². The van der Waals surface area contributed by atoms with Crippen molar-refractivity contribution in [3.05, 3.63) is 23.8 Å². The number of carbonyl (C=O) groups is 2. The number of benzene rings is 1.